The van der Waals surface area contributed by atoms with Crippen molar-refractivity contribution in [2.24, 2.45) is 0 Å². The number of amides is 1. The fourth-order valence-electron chi connectivity index (χ4n) is 2.10. The lowest BCUT2D eigenvalue weighted by atomic mass is 10.2. The Labute approximate surface area is 121 Å². The van der Waals surface area contributed by atoms with Crippen molar-refractivity contribution >= 4 is 29.7 Å². The van der Waals surface area contributed by atoms with Gasteiger partial charge in [0.1, 0.15) is 0 Å². The summed E-state index contributed by atoms with van der Waals surface area (Å²) in [5.74, 6) is 0.0982. The maximum Gasteiger partial charge on any atom is 0.239 e. The molecule has 1 aromatic rings. The highest BCUT2D eigenvalue weighted by Crippen LogP contribution is 2.27. The summed E-state index contributed by atoms with van der Waals surface area (Å²) < 4.78 is 0. The van der Waals surface area contributed by atoms with E-state index < -0.39 is 0 Å². The van der Waals surface area contributed by atoms with E-state index >= 15 is 0 Å². The fourth-order valence-corrected chi connectivity index (χ4v) is 2.10. The van der Waals surface area contributed by atoms with Crippen molar-refractivity contribution in [1.29, 1.82) is 0 Å². The third kappa shape index (κ3) is 4.03. The minimum atomic E-state index is 0. The van der Waals surface area contributed by atoms with E-state index in [9.17, 15) is 4.79 Å². The zero-order valence-corrected chi connectivity index (χ0v) is 12.3. The van der Waals surface area contributed by atoms with Crippen LogP contribution in [-0.2, 0) is 4.79 Å². The van der Waals surface area contributed by atoms with E-state index in [0.717, 1.165) is 30.9 Å². The number of benzene rings is 1. The molecule has 2 rings (SSSR count). The zero-order valence-electron chi connectivity index (χ0n) is 11.5. The molecule has 5 heteroatoms. The molecular formula is C14H22ClN3O. The monoisotopic (exact) mass is 283 g/mol. The largest absolute Gasteiger partial charge is 0.382 e. The molecule has 4 nitrogen and oxygen atoms in total. The average Bonchev–Trinajstić information content (AvgIpc) is 2.39. The van der Waals surface area contributed by atoms with Crippen LogP contribution in [-0.4, -0.2) is 31.6 Å². The number of fused-ring (bicyclic) bond motifs is 1. The molecule has 0 fully saturated rings. The molecular weight excluding hydrogens is 262 g/mol. The molecule has 0 saturated heterocycles. The molecule has 2 N–H and O–H groups in total. The van der Waals surface area contributed by atoms with E-state index in [1.54, 1.807) is 0 Å². The molecule has 0 aromatic heterocycles. The van der Waals surface area contributed by atoms with Gasteiger partial charge >= 0.3 is 0 Å². The Balaban J connectivity index is 0.00000180. The van der Waals surface area contributed by atoms with Crippen molar-refractivity contribution in [3.8, 4) is 0 Å². The molecule has 1 aliphatic heterocycles. The van der Waals surface area contributed by atoms with Gasteiger partial charge in [0.15, 0.2) is 0 Å². The molecule has 1 aromatic carbocycles. The molecule has 0 aliphatic carbocycles. The lowest BCUT2D eigenvalue weighted by molar-refractivity contribution is -0.120. The fraction of sp³-hybridized carbons (Fsp3) is 0.500. The second kappa shape index (κ2) is 7.24. The number of nitrogens with zero attached hydrogens (tertiary/aromatic N) is 1. The predicted molar refractivity (Wildman–Crippen MR) is 82.3 cm³/mol. The summed E-state index contributed by atoms with van der Waals surface area (Å²) in [6.45, 7) is 6.29. The maximum atomic E-state index is 11.9. The Bertz CT molecular complexity index is 425. The van der Waals surface area contributed by atoms with Crippen LogP contribution in [0.15, 0.2) is 24.3 Å². The third-order valence-corrected chi connectivity index (χ3v) is 3.30. The zero-order chi connectivity index (χ0) is 13.0. The molecule has 1 unspecified atom stereocenters. The number of hydrogen-bond donors (Lipinski definition) is 2. The minimum absolute atomic E-state index is 0. The van der Waals surface area contributed by atoms with Gasteiger partial charge in [-0.3, -0.25) is 4.79 Å². The first-order chi connectivity index (χ1) is 8.70. The number of para-hydroxylation sites is 2. The van der Waals surface area contributed by atoms with Gasteiger partial charge in [0, 0.05) is 19.1 Å². The first kappa shape index (κ1) is 15.6. The van der Waals surface area contributed by atoms with Crippen LogP contribution < -0.4 is 15.5 Å². The van der Waals surface area contributed by atoms with E-state index in [1.807, 2.05) is 25.1 Å². The highest BCUT2D eigenvalue weighted by Gasteiger charge is 2.18. The average molecular weight is 284 g/mol. The number of rotatable bonds is 4. The lowest BCUT2D eigenvalue weighted by Gasteiger charge is -2.31. The molecule has 106 valence electrons. The van der Waals surface area contributed by atoms with Crippen LogP contribution in [0.2, 0.25) is 0 Å². The SMILES string of the molecule is CCC(C)NC(=O)CN1CCNc2ccccc21.Cl. The predicted octanol–water partition coefficient (Wildman–Crippen LogP) is 2.26. The van der Waals surface area contributed by atoms with Gasteiger partial charge in [-0.1, -0.05) is 19.1 Å². The van der Waals surface area contributed by atoms with Gasteiger partial charge in [0.2, 0.25) is 5.91 Å². The summed E-state index contributed by atoms with van der Waals surface area (Å²) >= 11 is 0. The molecule has 19 heavy (non-hydrogen) atoms. The minimum Gasteiger partial charge on any atom is -0.382 e. The molecule has 1 aliphatic rings. The van der Waals surface area contributed by atoms with E-state index in [0.29, 0.717) is 6.54 Å². The molecule has 0 saturated carbocycles. The summed E-state index contributed by atoms with van der Waals surface area (Å²) in [5.41, 5.74) is 2.23. The molecule has 0 bridgehead atoms. The Kier molecular flexibility index (Phi) is 5.96. The van der Waals surface area contributed by atoms with Gasteiger partial charge in [0.25, 0.3) is 0 Å². The van der Waals surface area contributed by atoms with Crippen LogP contribution >= 0.6 is 12.4 Å². The van der Waals surface area contributed by atoms with Gasteiger partial charge in [0.05, 0.1) is 17.9 Å². The highest BCUT2D eigenvalue weighted by molar-refractivity contribution is 5.85. The van der Waals surface area contributed by atoms with Crippen molar-refractivity contribution in [3.05, 3.63) is 24.3 Å². The molecule has 0 spiro atoms. The van der Waals surface area contributed by atoms with Gasteiger partial charge in [-0.05, 0) is 25.5 Å². The van der Waals surface area contributed by atoms with Gasteiger partial charge in [-0.25, -0.2) is 0 Å². The first-order valence-corrected chi connectivity index (χ1v) is 6.58. The van der Waals surface area contributed by atoms with E-state index in [2.05, 4.69) is 28.5 Å². The normalized spacial score (nSPS) is 14.7. The standard InChI is InChI=1S/C14H21N3O.ClH/c1-3-11(2)16-14(18)10-17-9-8-15-12-6-4-5-7-13(12)17;/h4-7,11,15H,3,8-10H2,1-2H3,(H,16,18);1H. The van der Waals surface area contributed by atoms with E-state index in [4.69, 9.17) is 0 Å². The van der Waals surface area contributed by atoms with Gasteiger partial charge in [-0.15, -0.1) is 12.4 Å². The van der Waals surface area contributed by atoms with E-state index in [1.165, 1.54) is 0 Å². The summed E-state index contributed by atoms with van der Waals surface area (Å²) in [6, 6.07) is 8.36. The summed E-state index contributed by atoms with van der Waals surface area (Å²) in [7, 11) is 0. The summed E-state index contributed by atoms with van der Waals surface area (Å²) in [4.78, 5) is 14.0. The number of carbonyl (C=O) groups is 1. The van der Waals surface area contributed by atoms with Crippen LogP contribution in [0.5, 0.6) is 0 Å². The molecule has 1 amide bonds. The van der Waals surface area contributed by atoms with Crippen LogP contribution in [0.25, 0.3) is 0 Å². The molecule has 0 radical (unpaired) electrons. The second-order valence-electron chi connectivity index (χ2n) is 4.74. The van der Waals surface area contributed by atoms with Crippen molar-refractivity contribution in [2.75, 3.05) is 29.9 Å². The number of hydrogen-bond acceptors (Lipinski definition) is 3. The van der Waals surface area contributed by atoms with Crippen molar-refractivity contribution in [2.45, 2.75) is 26.3 Å². The molecule has 1 heterocycles. The van der Waals surface area contributed by atoms with E-state index in [-0.39, 0.29) is 24.4 Å². The smallest absolute Gasteiger partial charge is 0.239 e. The van der Waals surface area contributed by atoms with Crippen LogP contribution in [0.3, 0.4) is 0 Å². The summed E-state index contributed by atoms with van der Waals surface area (Å²) in [6.07, 6.45) is 0.962. The highest BCUT2D eigenvalue weighted by atomic mass is 35.5. The summed E-state index contributed by atoms with van der Waals surface area (Å²) in [5, 5.41) is 6.35. The van der Waals surface area contributed by atoms with Crippen LogP contribution in [0, 0.1) is 0 Å². The van der Waals surface area contributed by atoms with Gasteiger partial charge < -0.3 is 15.5 Å². The number of halogens is 1. The number of anilines is 2. The van der Waals surface area contributed by atoms with Gasteiger partial charge in [-0.2, -0.15) is 0 Å². The third-order valence-electron chi connectivity index (χ3n) is 3.30. The Hall–Kier alpha value is -1.42. The Morgan fingerprint density at radius 3 is 2.95 bits per heavy atom. The van der Waals surface area contributed by atoms with Crippen molar-refractivity contribution in [1.82, 2.24) is 5.32 Å². The van der Waals surface area contributed by atoms with Crippen LogP contribution in [0.4, 0.5) is 11.4 Å². The van der Waals surface area contributed by atoms with Crippen molar-refractivity contribution in [3.63, 3.8) is 0 Å². The maximum absolute atomic E-state index is 11.9. The van der Waals surface area contributed by atoms with Crippen LogP contribution in [0.1, 0.15) is 20.3 Å². The van der Waals surface area contributed by atoms with Crippen molar-refractivity contribution < 1.29 is 4.79 Å². The number of nitrogens with one attached hydrogen (secondary N) is 2. The Morgan fingerprint density at radius 1 is 1.47 bits per heavy atom. The first-order valence-electron chi connectivity index (χ1n) is 6.58. The number of carbonyl (C=O) groups excluding carboxylic acids is 1. The second-order valence-corrected chi connectivity index (χ2v) is 4.74. The topological polar surface area (TPSA) is 44.4 Å². The quantitative estimate of drug-likeness (QED) is 0.891. The lowest BCUT2D eigenvalue weighted by Crippen LogP contribution is -2.44. The Morgan fingerprint density at radius 2 is 2.21 bits per heavy atom. The molecule has 1 atom stereocenters.